The Labute approximate surface area is 127 Å². The number of aromatic nitrogens is 3. The fraction of sp³-hybridized carbons (Fsp3) is 0. The van der Waals surface area contributed by atoms with E-state index in [0.29, 0.717) is 11.4 Å². The molecule has 1 radical (unpaired) electrons. The van der Waals surface area contributed by atoms with E-state index in [-0.39, 0.29) is 11.5 Å². The zero-order valence-corrected chi connectivity index (χ0v) is 11.5. The predicted octanol–water partition coefficient (Wildman–Crippen LogP) is 2.71. The molecule has 1 aromatic carbocycles. The Bertz CT molecular complexity index is 790. The van der Waals surface area contributed by atoms with Crippen molar-refractivity contribution in [3.05, 3.63) is 66.7 Å². The number of carbonyl (C=O) groups is 1. The normalized spacial score (nSPS) is 10.2. The van der Waals surface area contributed by atoms with Gasteiger partial charge >= 0.3 is 0 Å². The lowest BCUT2D eigenvalue weighted by Crippen LogP contribution is -2.15. The van der Waals surface area contributed by atoms with Crippen LogP contribution >= 0.6 is 0 Å². The summed E-state index contributed by atoms with van der Waals surface area (Å²) in [6.45, 7) is 0. The molecule has 0 bridgehead atoms. The minimum atomic E-state index is -0.459. The van der Waals surface area contributed by atoms with E-state index in [4.69, 9.17) is 5.73 Å². The van der Waals surface area contributed by atoms with Crippen molar-refractivity contribution in [3.8, 4) is 11.3 Å². The summed E-state index contributed by atoms with van der Waals surface area (Å²) >= 11 is 0. The van der Waals surface area contributed by atoms with Crippen molar-refractivity contribution in [2.45, 2.75) is 0 Å². The van der Waals surface area contributed by atoms with Crippen LogP contribution in [0.3, 0.4) is 0 Å². The maximum Gasteiger partial charge on any atom is 0.278 e. The summed E-state index contributed by atoms with van der Waals surface area (Å²) in [5.74, 6) is -0.620. The van der Waals surface area contributed by atoms with Crippen LogP contribution in [0.5, 0.6) is 0 Å². The van der Waals surface area contributed by atoms with E-state index in [2.05, 4.69) is 20.3 Å². The summed E-state index contributed by atoms with van der Waals surface area (Å²) in [6, 6.07) is 12.6. The highest BCUT2D eigenvalue weighted by atomic mass is 16.1. The molecule has 0 unspecified atom stereocenters. The summed E-state index contributed by atoms with van der Waals surface area (Å²) in [5, 5.41) is 2.70. The summed E-state index contributed by atoms with van der Waals surface area (Å²) in [4.78, 5) is 24.4. The van der Waals surface area contributed by atoms with Crippen molar-refractivity contribution < 1.29 is 4.79 Å². The largest absolute Gasteiger partial charge is 0.321 e. The van der Waals surface area contributed by atoms with Gasteiger partial charge in [0.1, 0.15) is 0 Å². The average molecular weight is 290 g/mol. The summed E-state index contributed by atoms with van der Waals surface area (Å²) < 4.78 is 0. The lowest BCUT2D eigenvalue weighted by Gasteiger charge is -2.07. The van der Waals surface area contributed by atoms with Crippen molar-refractivity contribution in [2.24, 2.45) is 0 Å². The first kappa shape index (κ1) is 13.7. The molecule has 6 heteroatoms. The van der Waals surface area contributed by atoms with Crippen LogP contribution in [0.2, 0.25) is 0 Å². The Morgan fingerprint density at radius 3 is 2.50 bits per heavy atom. The molecule has 0 atom stereocenters. The number of anilines is 1. The molecule has 0 aliphatic carbocycles. The van der Waals surface area contributed by atoms with Gasteiger partial charge in [0.25, 0.3) is 5.91 Å². The van der Waals surface area contributed by atoms with E-state index in [1.54, 1.807) is 36.7 Å². The maximum absolute atomic E-state index is 12.3. The molecule has 0 aliphatic heterocycles. The fourth-order valence-corrected chi connectivity index (χ4v) is 1.92. The summed E-state index contributed by atoms with van der Waals surface area (Å²) in [7, 11) is 0. The molecule has 2 aromatic heterocycles. The van der Waals surface area contributed by atoms with Gasteiger partial charge in [-0.05, 0) is 24.3 Å². The number of hydrogen-bond donors (Lipinski definition) is 1. The van der Waals surface area contributed by atoms with Crippen LogP contribution in [0.25, 0.3) is 11.3 Å². The molecule has 0 aliphatic rings. The van der Waals surface area contributed by atoms with E-state index in [1.165, 1.54) is 6.20 Å². The minimum Gasteiger partial charge on any atom is -0.321 e. The second-order valence-corrected chi connectivity index (χ2v) is 4.51. The van der Waals surface area contributed by atoms with Gasteiger partial charge < -0.3 is 5.32 Å². The van der Waals surface area contributed by atoms with Crippen molar-refractivity contribution in [1.29, 1.82) is 0 Å². The minimum absolute atomic E-state index is 0.0156. The van der Waals surface area contributed by atoms with Gasteiger partial charge in [0, 0.05) is 23.6 Å². The van der Waals surface area contributed by atoms with Gasteiger partial charge in [0.05, 0.1) is 11.9 Å². The molecule has 3 rings (SSSR count). The Kier molecular flexibility index (Phi) is 3.74. The lowest BCUT2D eigenvalue weighted by molar-refractivity contribution is 0.102. The first-order valence-corrected chi connectivity index (χ1v) is 6.59. The maximum atomic E-state index is 12.3. The second kappa shape index (κ2) is 6.01. The number of nitrogens with one attached hydrogen (secondary N) is 2. The van der Waals surface area contributed by atoms with Crippen molar-refractivity contribution >= 4 is 17.4 Å². The molecular formula is C16H12N5O. The number of para-hydroxylation sites is 1. The zero-order chi connectivity index (χ0) is 15.4. The van der Waals surface area contributed by atoms with E-state index in [9.17, 15) is 4.79 Å². The van der Waals surface area contributed by atoms with Crippen LogP contribution in [0.15, 0.2) is 61.1 Å². The topological polar surface area (TPSA) is 91.6 Å². The smallest absolute Gasteiger partial charge is 0.278 e. The van der Waals surface area contributed by atoms with Gasteiger partial charge in [0.2, 0.25) is 0 Å². The first-order valence-electron chi connectivity index (χ1n) is 6.59. The van der Waals surface area contributed by atoms with Crippen LogP contribution in [0.1, 0.15) is 10.5 Å². The van der Waals surface area contributed by atoms with E-state index >= 15 is 0 Å². The highest BCUT2D eigenvalue weighted by Gasteiger charge is 2.15. The van der Waals surface area contributed by atoms with Crippen LogP contribution in [-0.4, -0.2) is 20.9 Å². The summed E-state index contributed by atoms with van der Waals surface area (Å²) in [5.41, 5.74) is 9.72. The van der Waals surface area contributed by atoms with Crippen molar-refractivity contribution in [3.63, 3.8) is 0 Å². The van der Waals surface area contributed by atoms with E-state index in [1.807, 2.05) is 18.2 Å². The number of carbonyl (C=O) groups excluding carboxylic acids is 1. The molecule has 6 nitrogen and oxygen atoms in total. The molecule has 0 spiro atoms. The van der Waals surface area contributed by atoms with E-state index in [0.717, 1.165) is 5.56 Å². The highest BCUT2D eigenvalue weighted by Crippen LogP contribution is 2.19. The third-order valence-electron chi connectivity index (χ3n) is 3.00. The summed E-state index contributed by atoms with van der Waals surface area (Å²) in [6.07, 6.45) is 4.74. The molecule has 3 aromatic rings. The Morgan fingerprint density at radius 1 is 1.05 bits per heavy atom. The molecule has 0 saturated carbocycles. The van der Waals surface area contributed by atoms with Crippen LogP contribution in [0, 0.1) is 0 Å². The molecule has 2 N–H and O–H groups in total. The highest BCUT2D eigenvalue weighted by molar-refractivity contribution is 6.05. The fourth-order valence-electron chi connectivity index (χ4n) is 1.92. The van der Waals surface area contributed by atoms with Crippen LogP contribution in [-0.2, 0) is 0 Å². The molecule has 22 heavy (non-hydrogen) atoms. The Balaban J connectivity index is 1.91. The number of hydrogen-bond acceptors (Lipinski definition) is 4. The predicted molar refractivity (Wildman–Crippen MR) is 82.4 cm³/mol. The second-order valence-electron chi connectivity index (χ2n) is 4.51. The monoisotopic (exact) mass is 290 g/mol. The number of nitrogens with zero attached hydrogens (tertiary/aromatic N) is 3. The Morgan fingerprint density at radius 2 is 1.77 bits per heavy atom. The van der Waals surface area contributed by atoms with E-state index < -0.39 is 5.91 Å². The van der Waals surface area contributed by atoms with Gasteiger partial charge in [-0.2, -0.15) is 0 Å². The lowest BCUT2D eigenvalue weighted by atomic mass is 10.2. The first-order chi connectivity index (χ1) is 10.7. The van der Waals surface area contributed by atoms with Gasteiger partial charge in [0.15, 0.2) is 11.5 Å². The molecule has 2 heterocycles. The third kappa shape index (κ3) is 2.90. The molecule has 107 valence electrons. The van der Waals surface area contributed by atoms with Gasteiger partial charge in [-0.25, -0.2) is 9.97 Å². The number of benzene rings is 1. The van der Waals surface area contributed by atoms with Crippen molar-refractivity contribution in [1.82, 2.24) is 20.7 Å². The SMILES string of the molecule is [NH]c1ncc(-c2ccncc2)nc1C(=O)Nc1ccccc1. The average Bonchev–Trinajstić information content (AvgIpc) is 2.57. The molecule has 0 fully saturated rings. The zero-order valence-electron chi connectivity index (χ0n) is 11.5. The van der Waals surface area contributed by atoms with Gasteiger partial charge in [-0.3, -0.25) is 15.5 Å². The van der Waals surface area contributed by atoms with Gasteiger partial charge in [-0.1, -0.05) is 18.2 Å². The number of amides is 1. The number of pyridine rings is 1. The van der Waals surface area contributed by atoms with Crippen molar-refractivity contribution in [2.75, 3.05) is 5.32 Å². The molecule has 0 saturated heterocycles. The molecule has 1 amide bonds. The number of rotatable bonds is 3. The molecular weight excluding hydrogens is 278 g/mol. The standard InChI is InChI=1S/C16H12N5O/c17-15-14(16(22)20-12-4-2-1-3-5-12)21-13(10-19-15)11-6-8-18-9-7-11/h1-10,17H,(H,20,22). The van der Waals surface area contributed by atoms with Crippen LogP contribution in [0.4, 0.5) is 11.5 Å². The van der Waals surface area contributed by atoms with Gasteiger partial charge in [-0.15, -0.1) is 0 Å². The quantitative estimate of drug-likeness (QED) is 0.802. The van der Waals surface area contributed by atoms with Crippen LogP contribution < -0.4 is 11.1 Å². The third-order valence-corrected chi connectivity index (χ3v) is 3.00. The Hall–Kier alpha value is -3.28.